The molecular formula is C26H24FN5O2. The first-order chi connectivity index (χ1) is 16.5. The van der Waals surface area contributed by atoms with Crippen LogP contribution in [-0.4, -0.2) is 25.9 Å². The van der Waals surface area contributed by atoms with Gasteiger partial charge in [0.2, 0.25) is 0 Å². The first kappa shape index (κ1) is 21.8. The molecule has 1 amide bonds. The van der Waals surface area contributed by atoms with Crippen molar-refractivity contribution < 1.29 is 9.18 Å². The molecule has 8 heteroatoms. The van der Waals surface area contributed by atoms with Crippen molar-refractivity contribution in [3.63, 3.8) is 0 Å². The Morgan fingerprint density at radius 3 is 2.68 bits per heavy atom. The summed E-state index contributed by atoms with van der Waals surface area (Å²) in [6, 6.07) is 14.1. The van der Waals surface area contributed by atoms with Gasteiger partial charge in [-0.1, -0.05) is 24.3 Å². The third-order valence-corrected chi connectivity index (χ3v) is 6.29. The summed E-state index contributed by atoms with van der Waals surface area (Å²) in [6.07, 6.45) is 5.50. The summed E-state index contributed by atoms with van der Waals surface area (Å²) in [5, 5.41) is 13.9. The van der Waals surface area contributed by atoms with E-state index in [2.05, 4.69) is 20.6 Å². The van der Waals surface area contributed by atoms with Crippen molar-refractivity contribution in [3.05, 3.63) is 105 Å². The molecule has 1 aliphatic rings. The number of carbonyl (C=O) groups excluding carboxylic acids is 1. The van der Waals surface area contributed by atoms with E-state index in [0.717, 1.165) is 53.8 Å². The van der Waals surface area contributed by atoms with Crippen LogP contribution in [0.2, 0.25) is 0 Å². The average Bonchev–Trinajstić information content (AvgIpc) is 3.25. The highest BCUT2D eigenvalue weighted by Gasteiger charge is 2.20. The molecule has 5 rings (SSSR count). The summed E-state index contributed by atoms with van der Waals surface area (Å²) in [5.74, 6) is -0.961. The molecule has 0 saturated heterocycles. The number of amides is 1. The molecule has 0 bridgehead atoms. The summed E-state index contributed by atoms with van der Waals surface area (Å²) in [4.78, 5) is 25.1. The van der Waals surface area contributed by atoms with Crippen LogP contribution in [0.25, 0.3) is 5.69 Å². The topological polar surface area (TPSA) is 92.7 Å². The number of hydrogen-bond donors (Lipinski definition) is 2. The fourth-order valence-electron chi connectivity index (χ4n) is 4.50. The Balaban J connectivity index is 1.39. The molecule has 4 aromatic rings. The number of rotatable bonds is 5. The molecule has 0 fully saturated rings. The van der Waals surface area contributed by atoms with Crippen LogP contribution in [0.5, 0.6) is 0 Å². The van der Waals surface area contributed by atoms with Gasteiger partial charge in [-0.3, -0.25) is 9.59 Å². The summed E-state index contributed by atoms with van der Waals surface area (Å²) >= 11 is 0. The lowest BCUT2D eigenvalue weighted by Crippen LogP contribution is -2.23. The maximum atomic E-state index is 14.6. The number of H-pyrrole nitrogens is 1. The number of halogens is 1. The standard InChI is InChI=1S/C26H24FN5O2/c1-16-21(15-28-32(16)18-7-3-2-4-8-18)25(33)29-24-14-17(11-12-22(24)27)13-23-19-9-5-6-10-20(19)26(34)31-30-23/h2-4,7-8,11-12,14-15H,5-6,9-10,13H2,1H3,(H,29,33)(H,31,34). The Morgan fingerprint density at radius 1 is 1.12 bits per heavy atom. The Kier molecular flexibility index (Phi) is 5.79. The lowest BCUT2D eigenvalue weighted by atomic mass is 9.90. The van der Waals surface area contributed by atoms with Crippen LogP contribution in [0.4, 0.5) is 10.1 Å². The number of para-hydroxylation sites is 1. The van der Waals surface area contributed by atoms with Gasteiger partial charge in [0.15, 0.2) is 0 Å². The number of nitrogens with one attached hydrogen (secondary N) is 2. The third-order valence-electron chi connectivity index (χ3n) is 6.29. The van der Waals surface area contributed by atoms with E-state index in [0.29, 0.717) is 17.7 Å². The van der Waals surface area contributed by atoms with Crippen LogP contribution >= 0.6 is 0 Å². The summed E-state index contributed by atoms with van der Waals surface area (Å²) in [5.41, 5.74) is 5.20. The first-order valence-electron chi connectivity index (χ1n) is 11.3. The van der Waals surface area contributed by atoms with Crippen molar-refractivity contribution in [3.8, 4) is 5.69 Å². The highest BCUT2D eigenvalue weighted by Crippen LogP contribution is 2.24. The van der Waals surface area contributed by atoms with E-state index in [1.807, 2.05) is 30.3 Å². The fourth-order valence-corrected chi connectivity index (χ4v) is 4.50. The second-order valence-corrected chi connectivity index (χ2v) is 8.50. The van der Waals surface area contributed by atoms with Gasteiger partial charge >= 0.3 is 0 Å². The van der Waals surface area contributed by atoms with Crippen molar-refractivity contribution in [2.45, 2.75) is 39.0 Å². The number of benzene rings is 2. The average molecular weight is 458 g/mol. The quantitative estimate of drug-likeness (QED) is 0.471. The highest BCUT2D eigenvalue weighted by molar-refractivity contribution is 6.05. The largest absolute Gasteiger partial charge is 0.319 e. The maximum Gasteiger partial charge on any atom is 0.267 e. The van der Waals surface area contributed by atoms with Gasteiger partial charge in [0, 0.05) is 12.0 Å². The molecule has 0 radical (unpaired) electrons. The zero-order valence-corrected chi connectivity index (χ0v) is 18.8. The molecule has 172 valence electrons. The van der Waals surface area contributed by atoms with E-state index < -0.39 is 11.7 Å². The number of fused-ring (bicyclic) bond motifs is 1. The third kappa shape index (κ3) is 4.14. The summed E-state index contributed by atoms with van der Waals surface area (Å²) < 4.78 is 16.3. The van der Waals surface area contributed by atoms with Gasteiger partial charge in [0.25, 0.3) is 11.5 Å². The number of anilines is 1. The first-order valence-corrected chi connectivity index (χ1v) is 11.3. The van der Waals surface area contributed by atoms with Crippen molar-refractivity contribution in [1.82, 2.24) is 20.0 Å². The zero-order chi connectivity index (χ0) is 23.7. The van der Waals surface area contributed by atoms with Crippen molar-refractivity contribution in [2.75, 3.05) is 5.32 Å². The predicted molar refractivity (Wildman–Crippen MR) is 127 cm³/mol. The molecule has 2 aromatic heterocycles. The molecule has 1 aliphatic carbocycles. The van der Waals surface area contributed by atoms with E-state index >= 15 is 0 Å². The van der Waals surface area contributed by atoms with Crippen LogP contribution in [0.3, 0.4) is 0 Å². The van der Waals surface area contributed by atoms with Crippen molar-refractivity contribution in [2.24, 2.45) is 0 Å². The van der Waals surface area contributed by atoms with Gasteiger partial charge in [-0.05, 0) is 68.0 Å². The number of nitrogens with zero attached hydrogens (tertiary/aromatic N) is 3. The highest BCUT2D eigenvalue weighted by atomic mass is 19.1. The van der Waals surface area contributed by atoms with Crippen LogP contribution in [0.1, 0.15) is 51.3 Å². The zero-order valence-electron chi connectivity index (χ0n) is 18.8. The maximum absolute atomic E-state index is 14.6. The van der Waals surface area contributed by atoms with Gasteiger partial charge in [-0.25, -0.2) is 14.2 Å². The van der Waals surface area contributed by atoms with E-state index in [4.69, 9.17) is 0 Å². The normalized spacial score (nSPS) is 12.9. The SMILES string of the molecule is Cc1c(C(=O)Nc2cc(Cc3n[nH]c(=O)c4c3CCCC4)ccc2F)cnn1-c1ccccc1. The molecule has 0 aliphatic heterocycles. The molecule has 2 N–H and O–H groups in total. The fraction of sp³-hybridized carbons (Fsp3) is 0.231. The molecular weight excluding hydrogens is 433 g/mol. The lowest BCUT2D eigenvalue weighted by Gasteiger charge is -2.17. The number of aromatic amines is 1. The van der Waals surface area contributed by atoms with Gasteiger partial charge in [-0.2, -0.15) is 10.2 Å². The molecule has 0 atom stereocenters. The van der Waals surface area contributed by atoms with Crippen LogP contribution in [0.15, 0.2) is 59.5 Å². The molecule has 7 nitrogen and oxygen atoms in total. The monoisotopic (exact) mass is 457 g/mol. The Hall–Kier alpha value is -4.07. The summed E-state index contributed by atoms with van der Waals surface area (Å²) in [6.45, 7) is 1.80. The summed E-state index contributed by atoms with van der Waals surface area (Å²) in [7, 11) is 0. The van der Waals surface area contributed by atoms with E-state index in [-0.39, 0.29) is 11.2 Å². The molecule has 0 unspecified atom stereocenters. The minimum absolute atomic E-state index is 0.0904. The smallest absolute Gasteiger partial charge is 0.267 e. The molecule has 2 heterocycles. The van der Waals surface area contributed by atoms with Crippen molar-refractivity contribution in [1.29, 1.82) is 0 Å². The van der Waals surface area contributed by atoms with Gasteiger partial charge < -0.3 is 5.32 Å². The minimum atomic E-state index is -0.526. The van der Waals surface area contributed by atoms with Gasteiger partial charge in [0.1, 0.15) is 5.82 Å². The Morgan fingerprint density at radius 2 is 1.88 bits per heavy atom. The number of aromatic nitrogens is 4. The predicted octanol–water partition coefficient (Wildman–Crippen LogP) is 4.13. The van der Waals surface area contributed by atoms with E-state index in [9.17, 15) is 14.0 Å². The molecule has 0 spiro atoms. The van der Waals surface area contributed by atoms with Gasteiger partial charge in [-0.15, -0.1) is 0 Å². The van der Waals surface area contributed by atoms with Gasteiger partial charge in [0.05, 0.1) is 34.5 Å². The molecule has 2 aromatic carbocycles. The van der Waals surface area contributed by atoms with E-state index in [1.54, 1.807) is 23.7 Å². The molecule has 0 saturated carbocycles. The second-order valence-electron chi connectivity index (χ2n) is 8.50. The van der Waals surface area contributed by atoms with Crippen molar-refractivity contribution >= 4 is 11.6 Å². The van der Waals surface area contributed by atoms with Crippen LogP contribution < -0.4 is 10.9 Å². The van der Waals surface area contributed by atoms with Crippen LogP contribution in [0, 0.1) is 12.7 Å². The minimum Gasteiger partial charge on any atom is -0.319 e. The Labute approximate surface area is 195 Å². The number of hydrogen-bond acceptors (Lipinski definition) is 4. The second kappa shape index (κ2) is 9.05. The number of carbonyl (C=O) groups is 1. The van der Waals surface area contributed by atoms with E-state index in [1.165, 1.54) is 12.3 Å². The lowest BCUT2D eigenvalue weighted by molar-refractivity contribution is 0.102. The molecule has 34 heavy (non-hydrogen) atoms. The Bertz CT molecular complexity index is 1430. The van der Waals surface area contributed by atoms with Crippen LogP contribution in [-0.2, 0) is 19.3 Å².